The third kappa shape index (κ3) is 5.47. The van der Waals surface area contributed by atoms with Gasteiger partial charge in [0, 0.05) is 12.1 Å². The van der Waals surface area contributed by atoms with E-state index >= 15 is 0 Å². The number of carbonyl (C=O) groups excluding carboxylic acids is 4. The second kappa shape index (κ2) is 11.3. The average molecular weight is 543 g/mol. The second-order valence-corrected chi connectivity index (χ2v) is 9.35. The highest BCUT2D eigenvalue weighted by molar-refractivity contribution is 8.14. The summed E-state index contributed by atoms with van der Waals surface area (Å²) in [7, 11) is 1.22. The number of benzene rings is 2. The minimum Gasteiger partial charge on any atom is -0.490 e. The van der Waals surface area contributed by atoms with Gasteiger partial charge in [0.25, 0.3) is 10.8 Å². The number of ether oxygens (including phenoxy) is 4. The molecule has 12 nitrogen and oxygen atoms in total. The molecule has 3 atom stereocenters. The largest absolute Gasteiger partial charge is 0.508 e. The number of hydrogen-bond acceptors (Lipinski definition) is 11. The third-order valence-corrected chi connectivity index (χ3v) is 7.00. The minimum absolute atomic E-state index is 0.0717. The molecule has 0 radical (unpaired) electrons. The van der Waals surface area contributed by atoms with E-state index in [9.17, 15) is 29.3 Å². The predicted octanol–water partition coefficient (Wildman–Crippen LogP) is 3.30. The van der Waals surface area contributed by atoms with Gasteiger partial charge < -0.3 is 18.9 Å². The molecule has 2 aliphatic rings. The van der Waals surface area contributed by atoms with E-state index in [0.29, 0.717) is 5.56 Å². The van der Waals surface area contributed by atoms with Crippen LogP contribution in [0, 0.1) is 16.0 Å². The van der Waals surface area contributed by atoms with Crippen molar-refractivity contribution in [2.24, 2.45) is 5.92 Å². The molecule has 2 aromatic carbocycles. The number of nitro groups is 1. The normalized spacial score (nSPS) is 19.2. The fourth-order valence-electron chi connectivity index (χ4n) is 3.93. The van der Waals surface area contributed by atoms with E-state index in [0.717, 1.165) is 22.2 Å². The van der Waals surface area contributed by atoms with E-state index in [1.54, 1.807) is 24.3 Å². The predicted molar refractivity (Wildman–Crippen MR) is 131 cm³/mol. The summed E-state index contributed by atoms with van der Waals surface area (Å²) in [5.41, 5.74) is 0.809. The first-order valence-corrected chi connectivity index (χ1v) is 12.2. The van der Waals surface area contributed by atoms with Crippen LogP contribution in [0.1, 0.15) is 18.1 Å². The monoisotopic (exact) mass is 542 g/mol. The van der Waals surface area contributed by atoms with Gasteiger partial charge in [-0.2, -0.15) is 0 Å². The fraction of sp³-hybridized carbons (Fsp3) is 0.280. The van der Waals surface area contributed by atoms with E-state index in [4.69, 9.17) is 18.9 Å². The first-order chi connectivity index (χ1) is 18.2. The van der Waals surface area contributed by atoms with Crippen LogP contribution in [-0.4, -0.2) is 51.6 Å². The Labute approximate surface area is 220 Å². The molecule has 0 N–H and O–H groups in total. The quantitative estimate of drug-likeness (QED) is 0.199. The number of nitro benzene ring substituents is 1. The minimum atomic E-state index is -1.06. The van der Waals surface area contributed by atoms with Crippen LogP contribution >= 0.6 is 11.8 Å². The Kier molecular flexibility index (Phi) is 7.96. The molecule has 0 saturated carbocycles. The summed E-state index contributed by atoms with van der Waals surface area (Å²) >= 11 is 0.774. The van der Waals surface area contributed by atoms with Gasteiger partial charge in [-0.1, -0.05) is 42.1 Å². The van der Waals surface area contributed by atoms with Gasteiger partial charge in [-0.05, 0) is 30.2 Å². The van der Waals surface area contributed by atoms with Crippen LogP contribution in [0.25, 0.3) is 0 Å². The van der Waals surface area contributed by atoms with E-state index in [1.165, 1.54) is 38.3 Å². The zero-order valence-electron chi connectivity index (χ0n) is 20.2. The topological polar surface area (TPSA) is 152 Å². The summed E-state index contributed by atoms with van der Waals surface area (Å²) in [6, 6.07) is 14.3. The lowest BCUT2D eigenvalue weighted by Gasteiger charge is -2.49. The molecule has 2 heterocycles. The van der Waals surface area contributed by atoms with Crippen molar-refractivity contribution in [1.82, 2.24) is 4.90 Å². The summed E-state index contributed by atoms with van der Waals surface area (Å²) in [4.78, 5) is 62.2. The van der Waals surface area contributed by atoms with Crippen LogP contribution in [0.2, 0.25) is 0 Å². The molecule has 2 aromatic rings. The molecular formula is C25H22N2O10S. The molecule has 1 saturated heterocycles. The molecule has 0 aliphatic carbocycles. The smallest absolute Gasteiger partial charge is 0.490 e. The fourth-order valence-corrected chi connectivity index (χ4v) is 5.23. The van der Waals surface area contributed by atoms with Crippen molar-refractivity contribution < 1.29 is 43.0 Å². The molecule has 0 aromatic heterocycles. The Balaban J connectivity index is 1.38. The number of esters is 1. The van der Waals surface area contributed by atoms with E-state index < -0.39 is 45.5 Å². The molecule has 0 unspecified atom stereocenters. The van der Waals surface area contributed by atoms with Crippen molar-refractivity contribution in [2.45, 2.75) is 31.6 Å². The highest BCUT2D eigenvalue weighted by Crippen LogP contribution is 2.46. The van der Waals surface area contributed by atoms with Gasteiger partial charge in [-0.3, -0.25) is 24.6 Å². The third-order valence-electron chi connectivity index (χ3n) is 5.86. The lowest BCUT2D eigenvalue weighted by molar-refractivity contribution is -0.384. The summed E-state index contributed by atoms with van der Waals surface area (Å²) in [5, 5.41) is 9.36. The molecule has 4 rings (SSSR count). The highest BCUT2D eigenvalue weighted by atomic mass is 32.2. The Bertz CT molecular complexity index is 1290. The molecule has 1 amide bonds. The standard InChI is InChI=1S/C25H22N2O10S/c1-14(37-25(31)36-13-16-8-10-17(11-9-16)27(32)33)18-21(28)26-19(20(34-2)24(30)38-22(18)26)23(29)35-12-15-6-4-3-5-7-15/h3-11,14,18,22H,12-13H2,1-2H3/t14-,18+,22+/m1/s1. The number of amides is 1. The van der Waals surface area contributed by atoms with Gasteiger partial charge in [0.1, 0.15) is 30.6 Å². The lowest BCUT2D eigenvalue weighted by Crippen LogP contribution is -2.65. The van der Waals surface area contributed by atoms with Gasteiger partial charge in [0.15, 0.2) is 5.70 Å². The number of hydrogen-bond donors (Lipinski definition) is 0. The van der Waals surface area contributed by atoms with Crippen LogP contribution in [-0.2, 0) is 46.5 Å². The number of carbonyl (C=O) groups is 4. The number of thioether (sulfide) groups is 1. The van der Waals surface area contributed by atoms with Crippen molar-refractivity contribution in [3.63, 3.8) is 0 Å². The molecule has 1 fully saturated rings. The molecule has 0 spiro atoms. The van der Waals surface area contributed by atoms with E-state index in [2.05, 4.69) is 0 Å². The SMILES string of the molecule is COC1=C(C(=O)OCc2ccccc2)N2C(=O)[C@H]([C@@H](C)OC(=O)OCc3ccc([N+](=O)[O-])cc3)[C@@H]2SC1=O. The van der Waals surface area contributed by atoms with Crippen molar-refractivity contribution in [3.05, 3.63) is 87.3 Å². The number of nitrogens with zero attached hydrogens (tertiary/aromatic N) is 2. The summed E-state index contributed by atoms with van der Waals surface area (Å²) in [5.74, 6) is -2.67. The highest BCUT2D eigenvalue weighted by Gasteiger charge is 2.59. The van der Waals surface area contributed by atoms with Gasteiger partial charge in [0.2, 0.25) is 11.7 Å². The number of methoxy groups -OCH3 is 1. The number of non-ortho nitro benzene ring substituents is 1. The summed E-state index contributed by atoms with van der Waals surface area (Å²) < 4.78 is 20.7. The molecule has 38 heavy (non-hydrogen) atoms. The van der Waals surface area contributed by atoms with E-state index in [1.807, 2.05) is 6.07 Å². The van der Waals surface area contributed by atoms with Crippen molar-refractivity contribution in [2.75, 3.05) is 7.11 Å². The maximum atomic E-state index is 13.1. The lowest BCUT2D eigenvalue weighted by atomic mass is 9.91. The van der Waals surface area contributed by atoms with Crippen molar-refractivity contribution >= 4 is 40.6 Å². The maximum Gasteiger partial charge on any atom is 0.508 e. The van der Waals surface area contributed by atoms with Gasteiger partial charge in [-0.25, -0.2) is 9.59 Å². The summed E-state index contributed by atoms with van der Waals surface area (Å²) in [6.07, 6.45) is -2.05. The van der Waals surface area contributed by atoms with Crippen LogP contribution in [0.3, 0.4) is 0 Å². The van der Waals surface area contributed by atoms with Crippen LogP contribution in [0.5, 0.6) is 0 Å². The first kappa shape index (κ1) is 26.7. The average Bonchev–Trinajstić information content (AvgIpc) is 2.90. The first-order valence-electron chi connectivity index (χ1n) is 11.3. The Morgan fingerprint density at radius 3 is 2.29 bits per heavy atom. The zero-order chi connectivity index (χ0) is 27.4. The van der Waals surface area contributed by atoms with E-state index in [-0.39, 0.29) is 30.4 Å². The van der Waals surface area contributed by atoms with Crippen LogP contribution < -0.4 is 0 Å². The molecule has 2 aliphatic heterocycles. The van der Waals surface area contributed by atoms with Crippen LogP contribution in [0.4, 0.5) is 10.5 Å². The molecule has 0 bridgehead atoms. The number of rotatable bonds is 9. The summed E-state index contributed by atoms with van der Waals surface area (Å²) in [6.45, 7) is 1.20. The molecular weight excluding hydrogens is 520 g/mol. The Morgan fingerprint density at radius 1 is 1.03 bits per heavy atom. The Hall–Kier alpha value is -4.39. The Morgan fingerprint density at radius 2 is 1.66 bits per heavy atom. The van der Waals surface area contributed by atoms with Crippen LogP contribution in [0.15, 0.2) is 66.1 Å². The van der Waals surface area contributed by atoms with Crippen molar-refractivity contribution in [3.8, 4) is 0 Å². The zero-order valence-corrected chi connectivity index (χ0v) is 21.0. The number of β-lactam (4-membered cyclic amide) rings is 1. The number of fused-ring (bicyclic) bond motifs is 1. The van der Waals surface area contributed by atoms with Gasteiger partial charge >= 0.3 is 12.1 Å². The van der Waals surface area contributed by atoms with Gasteiger partial charge in [0.05, 0.1) is 12.0 Å². The van der Waals surface area contributed by atoms with Gasteiger partial charge in [-0.15, -0.1) is 0 Å². The second-order valence-electron chi connectivity index (χ2n) is 8.26. The van der Waals surface area contributed by atoms with Crippen molar-refractivity contribution in [1.29, 1.82) is 0 Å². The maximum absolute atomic E-state index is 13.1. The molecule has 198 valence electrons. The molecule has 13 heteroatoms.